The van der Waals surface area contributed by atoms with Gasteiger partial charge in [0.15, 0.2) is 0 Å². The molecule has 0 bridgehead atoms. The van der Waals surface area contributed by atoms with E-state index >= 15 is 0 Å². The Morgan fingerprint density at radius 1 is 1.75 bits per heavy atom. The summed E-state index contributed by atoms with van der Waals surface area (Å²) in [5, 5.41) is 0. The van der Waals surface area contributed by atoms with Crippen LogP contribution in [0.15, 0.2) is 0 Å². The van der Waals surface area contributed by atoms with Crippen molar-refractivity contribution in [2.45, 2.75) is 0 Å². The van der Waals surface area contributed by atoms with E-state index < -0.39 is 7.60 Å². The quantitative estimate of drug-likeness (QED) is 0.644. The Labute approximate surface area is 53.0 Å². The molecule has 8 heavy (non-hydrogen) atoms. The highest BCUT2D eigenvalue weighted by atomic mass is 32.4. The van der Waals surface area contributed by atoms with Crippen LogP contribution >= 0.6 is 32.4 Å². The van der Waals surface area contributed by atoms with Gasteiger partial charge in [0.05, 0.1) is 5.54 Å². The molecule has 2 unspecified atom stereocenters. The first-order valence-corrected chi connectivity index (χ1v) is 7.91. The van der Waals surface area contributed by atoms with Crippen LogP contribution in [0.4, 0.5) is 0 Å². The van der Waals surface area contributed by atoms with E-state index in [1.54, 1.807) is 0 Å². The van der Waals surface area contributed by atoms with E-state index in [9.17, 15) is 4.57 Å². The fourth-order valence-electron chi connectivity index (χ4n) is 0.109. The number of rotatable bonds is 2. The van der Waals surface area contributed by atoms with Gasteiger partial charge in [-0.1, -0.05) is 7.89 Å². The Hall–Kier alpha value is 1.18. The monoisotopic (exact) mass is 190 g/mol. The second kappa shape index (κ2) is 4.07. The highest BCUT2D eigenvalue weighted by Gasteiger charge is 2.03. The summed E-state index contributed by atoms with van der Waals surface area (Å²) in [5.74, 6) is 0. The van der Waals surface area contributed by atoms with Crippen molar-refractivity contribution in [1.82, 2.24) is 0 Å². The minimum absolute atomic E-state index is 0.472. The van der Waals surface area contributed by atoms with Gasteiger partial charge >= 0.3 is 7.60 Å². The van der Waals surface area contributed by atoms with Gasteiger partial charge in [-0.15, -0.1) is 8.93 Å². The molecule has 0 saturated heterocycles. The molecular weight excluding hydrogens is 184 g/mol. The summed E-state index contributed by atoms with van der Waals surface area (Å²) in [6, 6.07) is 0. The van der Waals surface area contributed by atoms with E-state index in [0.29, 0.717) is 15.9 Å². The van der Waals surface area contributed by atoms with Crippen LogP contribution in [0.2, 0.25) is 0 Å². The smallest absolute Gasteiger partial charge is 0.321 e. The molecule has 0 aromatic carbocycles. The third kappa shape index (κ3) is 7.18. The summed E-state index contributed by atoms with van der Waals surface area (Å²) in [7, 11) is -0.262. The van der Waals surface area contributed by atoms with E-state index in [4.69, 9.17) is 9.79 Å². The minimum Gasteiger partial charge on any atom is -0.321 e. The Kier molecular flexibility index (Phi) is 4.67. The lowest BCUT2D eigenvalue weighted by molar-refractivity contribution is 0.393. The molecule has 0 aliphatic rings. The second-order valence-corrected chi connectivity index (χ2v) is 7.45. The Balaban J connectivity index is 3.71. The molecule has 0 rings (SSSR count). The van der Waals surface area contributed by atoms with Crippen molar-refractivity contribution in [2.75, 3.05) is 0 Å². The summed E-state index contributed by atoms with van der Waals surface area (Å²) in [6.45, 7) is 0. The van der Waals surface area contributed by atoms with Gasteiger partial charge < -0.3 is 9.79 Å². The SMILES string of the molecule is O=P(O)(O)C=PPP. The molecule has 0 radical (unpaired) electrons. The Bertz CT molecular complexity index is 123. The van der Waals surface area contributed by atoms with Crippen LogP contribution in [-0.4, -0.2) is 15.3 Å². The first kappa shape index (κ1) is 9.18. The normalized spacial score (nSPS) is 14.4. The van der Waals surface area contributed by atoms with Crippen molar-refractivity contribution in [3.63, 3.8) is 0 Å². The second-order valence-electron chi connectivity index (χ2n) is 0.963. The molecule has 2 N–H and O–H groups in total. The maximum atomic E-state index is 10.0. The maximum absolute atomic E-state index is 10.0. The van der Waals surface area contributed by atoms with Crippen LogP contribution in [0.5, 0.6) is 0 Å². The molecule has 0 spiro atoms. The van der Waals surface area contributed by atoms with Gasteiger partial charge in [-0.05, 0) is 7.96 Å². The summed E-state index contributed by atoms with van der Waals surface area (Å²) in [5.41, 5.74) is 0.998. The zero-order valence-electron chi connectivity index (χ0n) is 3.85. The Morgan fingerprint density at radius 3 is 2.38 bits per heavy atom. The van der Waals surface area contributed by atoms with Crippen molar-refractivity contribution in [2.24, 2.45) is 0 Å². The third-order valence-corrected chi connectivity index (χ3v) is 4.93. The first-order chi connectivity index (χ1) is 3.56. The largest absolute Gasteiger partial charge is 0.353 e. The van der Waals surface area contributed by atoms with Crippen LogP contribution in [0.1, 0.15) is 0 Å². The standard InChI is InChI=1S/CH6O3P4/c2-8(3,4)1-6-7-5/h1,7H,5H2,(H2,2,3,4). The van der Waals surface area contributed by atoms with E-state index in [0.717, 1.165) is 5.54 Å². The topological polar surface area (TPSA) is 57.5 Å². The van der Waals surface area contributed by atoms with Crippen molar-refractivity contribution < 1.29 is 14.4 Å². The van der Waals surface area contributed by atoms with Gasteiger partial charge in [-0.25, -0.2) is 0 Å². The molecule has 0 saturated carbocycles. The van der Waals surface area contributed by atoms with Crippen molar-refractivity contribution in [3.05, 3.63) is 0 Å². The molecule has 0 fully saturated rings. The van der Waals surface area contributed by atoms with Gasteiger partial charge in [-0.3, -0.25) is 4.57 Å². The first-order valence-electron chi connectivity index (χ1n) is 1.61. The zero-order chi connectivity index (χ0) is 6.62. The van der Waals surface area contributed by atoms with E-state index in [1.807, 2.05) is 0 Å². The van der Waals surface area contributed by atoms with E-state index in [2.05, 4.69) is 8.93 Å². The van der Waals surface area contributed by atoms with Crippen LogP contribution in [-0.2, 0) is 4.57 Å². The van der Waals surface area contributed by atoms with Crippen molar-refractivity contribution in [3.8, 4) is 0 Å². The average molecular weight is 190 g/mol. The molecule has 2 atom stereocenters. The van der Waals surface area contributed by atoms with Crippen molar-refractivity contribution >= 4 is 37.9 Å². The highest BCUT2D eigenvalue weighted by molar-refractivity contribution is 8.39. The lowest BCUT2D eigenvalue weighted by Gasteiger charge is -1.90. The van der Waals surface area contributed by atoms with Crippen molar-refractivity contribution in [1.29, 1.82) is 0 Å². The minimum atomic E-state index is -3.83. The summed E-state index contributed by atoms with van der Waals surface area (Å²) in [6.07, 6.45) is 0. The molecule has 0 aliphatic heterocycles. The molecular formula is CH6O3P4. The molecule has 7 heteroatoms. The summed E-state index contributed by atoms with van der Waals surface area (Å²) < 4.78 is 10.0. The third-order valence-electron chi connectivity index (χ3n) is 0.283. The summed E-state index contributed by atoms with van der Waals surface area (Å²) in [4.78, 5) is 16.4. The molecule has 3 nitrogen and oxygen atoms in total. The average Bonchev–Trinajstić information content (AvgIpc) is 1.59. The van der Waals surface area contributed by atoms with E-state index in [1.165, 1.54) is 0 Å². The van der Waals surface area contributed by atoms with Gasteiger partial charge in [-0.2, -0.15) is 0 Å². The van der Waals surface area contributed by atoms with Gasteiger partial charge in [0.25, 0.3) is 0 Å². The molecule has 48 valence electrons. The zero-order valence-corrected chi connectivity index (χ0v) is 7.80. The molecule has 0 amide bonds. The van der Waals surface area contributed by atoms with E-state index in [-0.39, 0.29) is 0 Å². The lowest BCUT2D eigenvalue weighted by Crippen LogP contribution is -1.70. The predicted octanol–water partition coefficient (Wildman–Crippen LogP) is 1.25. The Morgan fingerprint density at radius 2 is 2.25 bits per heavy atom. The predicted molar refractivity (Wildman–Crippen MR) is 43.1 cm³/mol. The number of hydrogen-bond acceptors (Lipinski definition) is 1. The summed E-state index contributed by atoms with van der Waals surface area (Å²) >= 11 is 0. The van der Waals surface area contributed by atoms with Crippen LogP contribution in [0, 0.1) is 0 Å². The highest BCUT2D eigenvalue weighted by Crippen LogP contribution is 2.42. The van der Waals surface area contributed by atoms with Gasteiger partial charge in [0.1, 0.15) is 0 Å². The fraction of sp³-hybridized carbons (Fsp3) is 0. The molecule has 0 aromatic rings. The van der Waals surface area contributed by atoms with Gasteiger partial charge in [0.2, 0.25) is 0 Å². The van der Waals surface area contributed by atoms with Crippen LogP contribution < -0.4 is 0 Å². The lowest BCUT2D eigenvalue weighted by atomic mass is 11.9. The molecule has 0 heterocycles. The number of hydrogen-bond donors (Lipinski definition) is 2. The maximum Gasteiger partial charge on any atom is 0.353 e. The van der Waals surface area contributed by atoms with Crippen LogP contribution in [0.3, 0.4) is 0 Å². The fourth-order valence-corrected chi connectivity index (χ4v) is 4.73. The van der Waals surface area contributed by atoms with Crippen LogP contribution in [0.25, 0.3) is 0 Å². The molecule has 0 aliphatic carbocycles. The van der Waals surface area contributed by atoms with Gasteiger partial charge in [0, 0.05) is 0 Å². The molecule has 0 aromatic heterocycles.